The maximum Gasteiger partial charge on any atom is 0.165 e. The molecule has 0 radical (unpaired) electrons. The van der Waals surface area contributed by atoms with Gasteiger partial charge in [0.1, 0.15) is 24.1 Å². The summed E-state index contributed by atoms with van der Waals surface area (Å²) in [6, 6.07) is 12.6. The molecule has 1 fully saturated rings. The van der Waals surface area contributed by atoms with E-state index in [0.29, 0.717) is 12.3 Å². The van der Waals surface area contributed by atoms with E-state index in [0.717, 1.165) is 49.6 Å². The van der Waals surface area contributed by atoms with E-state index in [9.17, 15) is 9.50 Å². The van der Waals surface area contributed by atoms with Gasteiger partial charge < -0.3 is 19.5 Å². The van der Waals surface area contributed by atoms with E-state index in [2.05, 4.69) is 29.7 Å². The molecule has 1 atom stereocenters. The number of ether oxygens (including phenoxy) is 2. The molecule has 0 spiro atoms. The topological polar surface area (TPSA) is 45.2 Å². The number of piperazine rings is 1. The Hall–Kier alpha value is -2.31. The summed E-state index contributed by atoms with van der Waals surface area (Å²) in [5, 5.41) is 10.5. The number of rotatable bonds is 6. The molecule has 0 aromatic heterocycles. The molecule has 156 valence electrons. The minimum absolute atomic E-state index is 0.214. The molecule has 4 rings (SSSR count). The van der Waals surface area contributed by atoms with E-state index in [1.165, 1.54) is 12.1 Å². The molecule has 2 aliphatic rings. The van der Waals surface area contributed by atoms with Crippen LogP contribution in [0.5, 0.6) is 11.5 Å². The molecule has 6 heteroatoms. The van der Waals surface area contributed by atoms with Crippen LogP contribution in [0.1, 0.15) is 19.4 Å². The fourth-order valence-electron chi connectivity index (χ4n) is 4.08. The summed E-state index contributed by atoms with van der Waals surface area (Å²) in [5.41, 5.74) is 1.97. The summed E-state index contributed by atoms with van der Waals surface area (Å²) in [6.07, 6.45) is 0.290. The number of anilines is 1. The van der Waals surface area contributed by atoms with Crippen molar-refractivity contribution in [3.63, 3.8) is 0 Å². The van der Waals surface area contributed by atoms with Gasteiger partial charge in [0.05, 0.1) is 0 Å². The third-order valence-electron chi connectivity index (χ3n) is 5.52. The quantitative estimate of drug-likeness (QED) is 0.807. The van der Waals surface area contributed by atoms with Gasteiger partial charge in [0.2, 0.25) is 0 Å². The fraction of sp³-hybridized carbons (Fsp3) is 0.478. The van der Waals surface area contributed by atoms with Gasteiger partial charge in [-0.2, -0.15) is 0 Å². The lowest BCUT2D eigenvalue weighted by atomic mass is 10.0. The van der Waals surface area contributed by atoms with Crippen molar-refractivity contribution in [2.75, 3.05) is 44.2 Å². The minimum Gasteiger partial charge on any atom is -0.487 e. The van der Waals surface area contributed by atoms with Crippen molar-refractivity contribution >= 4 is 5.69 Å². The van der Waals surface area contributed by atoms with Gasteiger partial charge in [-0.3, -0.25) is 4.90 Å². The van der Waals surface area contributed by atoms with E-state index >= 15 is 0 Å². The van der Waals surface area contributed by atoms with Crippen LogP contribution in [0.3, 0.4) is 0 Å². The fourth-order valence-corrected chi connectivity index (χ4v) is 4.08. The van der Waals surface area contributed by atoms with Crippen molar-refractivity contribution in [2.24, 2.45) is 0 Å². The molecule has 0 saturated carbocycles. The molecular weight excluding hydrogens is 371 g/mol. The molecular formula is C23H29FN2O3. The highest BCUT2D eigenvalue weighted by atomic mass is 19.1. The average Bonchev–Trinajstić information content (AvgIpc) is 3.02. The first-order valence-electron chi connectivity index (χ1n) is 10.2. The van der Waals surface area contributed by atoms with E-state index in [1.807, 2.05) is 24.3 Å². The number of benzene rings is 2. The first kappa shape index (κ1) is 20.0. The van der Waals surface area contributed by atoms with E-state index in [1.54, 1.807) is 0 Å². The normalized spacial score (nSPS) is 19.5. The lowest BCUT2D eigenvalue weighted by Gasteiger charge is -2.36. The van der Waals surface area contributed by atoms with Gasteiger partial charge in [-0.25, -0.2) is 4.39 Å². The van der Waals surface area contributed by atoms with Crippen LogP contribution in [0.2, 0.25) is 0 Å². The maximum absolute atomic E-state index is 13.1. The first-order chi connectivity index (χ1) is 13.9. The number of para-hydroxylation sites is 1. The van der Waals surface area contributed by atoms with Gasteiger partial charge in [-0.15, -0.1) is 0 Å². The molecule has 1 unspecified atom stereocenters. The van der Waals surface area contributed by atoms with Gasteiger partial charge in [0.25, 0.3) is 0 Å². The zero-order chi connectivity index (χ0) is 20.4. The van der Waals surface area contributed by atoms with Crippen LogP contribution >= 0.6 is 0 Å². The average molecular weight is 400 g/mol. The number of aliphatic hydroxyl groups is 1. The smallest absolute Gasteiger partial charge is 0.165 e. The Balaban J connectivity index is 1.25. The number of aliphatic hydroxyl groups excluding tert-OH is 1. The van der Waals surface area contributed by atoms with E-state index in [4.69, 9.17) is 9.47 Å². The van der Waals surface area contributed by atoms with E-state index < -0.39 is 6.10 Å². The van der Waals surface area contributed by atoms with Crippen LogP contribution in [-0.4, -0.2) is 61.0 Å². The Morgan fingerprint density at radius 3 is 2.55 bits per heavy atom. The number of halogens is 1. The highest BCUT2D eigenvalue weighted by Gasteiger charge is 2.32. The summed E-state index contributed by atoms with van der Waals surface area (Å²) in [5.74, 6) is 1.29. The highest BCUT2D eigenvalue weighted by Crippen LogP contribution is 2.41. The molecule has 0 bridgehead atoms. The molecule has 2 aromatic rings. The van der Waals surface area contributed by atoms with Crippen molar-refractivity contribution in [3.05, 3.63) is 53.8 Å². The predicted octanol–water partition coefficient (Wildman–Crippen LogP) is 3.10. The molecule has 5 nitrogen and oxygen atoms in total. The minimum atomic E-state index is -0.572. The predicted molar refractivity (Wildman–Crippen MR) is 111 cm³/mol. The lowest BCUT2D eigenvalue weighted by Crippen LogP contribution is -2.49. The standard InChI is InChI=1S/C23H29FN2O3/c1-23(2)14-17-4-3-5-21(22(17)29-23)28-16-20(27)15-25-10-12-26(13-11-25)19-8-6-18(24)7-9-19/h3-9,20,27H,10-16H2,1-2H3. The van der Waals surface area contributed by atoms with Gasteiger partial charge in [0.15, 0.2) is 11.5 Å². The number of hydrogen-bond acceptors (Lipinski definition) is 5. The molecule has 1 N–H and O–H groups in total. The summed E-state index contributed by atoms with van der Waals surface area (Å²) in [7, 11) is 0. The second-order valence-corrected chi connectivity index (χ2v) is 8.51. The summed E-state index contributed by atoms with van der Waals surface area (Å²) < 4.78 is 25.0. The monoisotopic (exact) mass is 400 g/mol. The molecule has 2 aromatic carbocycles. The van der Waals surface area contributed by atoms with Crippen LogP contribution in [-0.2, 0) is 6.42 Å². The van der Waals surface area contributed by atoms with Crippen LogP contribution in [0, 0.1) is 5.82 Å². The highest BCUT2D eigenvalue weighted by molar-refractivity contribution is 5.50. The Morgan fingerprint density at radius 2 is 1.83 bits per heavy atom. The van der Waals surface area contributed by atoms with Crippen molar-refractivity contribution in [1.82, 2.24) is 4.90 Å². The van der Waals surface area contributed by atoms with Gasteiger partial charge in [-0.1, -0.05) is 12.1 Å². The third kappa shape index (κ3) is 4.82. The van der Waals surface area contributed by atoms with Crippen LogP contribution in [0.25, 0.3) is 0 Å². The number of nitrogens with zero attached hydrogens (tertiary/aromatic N) is 2. The van der Waals surface area contributed by atoms with Crippen molar-refractivity contribution in [3.8, 4) is 11.5 Å². The molecule has 2 aliphatic heterocycles. The molecule has 29 heavy (non-hydrogen) atoms. The first-order valence-corrected chi connectivity index (χ1v) is 10.2. The van der Waals surface area contributed by atoms with Crippen molar-refractivity contribution < 1.29 is 19.0 Å². The molecule has 0 aliphatic carbocycles. The Bertz CT molecular complexity index is 833. The summed E-state index contributed by atoms with van der Waals surface area (Å²) in [4.78, 5) is 4.48. The third-order valence-corrected chi connectivity index (χ3v) is 5.52. The lowest BCUT2D eigenvalue weighted by molar-refractivity contribution is 0.0632. The van der Waals surface area contributed by atoms with Gasteiger partial charge in [0, 0.05) is 50.4 Å². The molecule has 2 heterocycles. The van der Waals surface area contributed by atoms with Crippen molar-refractivity contribution in [1.29, 1.82) is 0 Å². The zero-order valence-corrected chi connectivity index (χ0v) is 17.1. The Labute approximate surface area is 171 Å². The number of hydrogen-bond donors (Lipinski definition) is 1. The Kier molecular flexibility index (Phi) is 5.65. The van der Waals surface area contributed by atoms with Crippen molar-refractivity contribution in [2.45, 2.75) is 32.0 Å². The SMILES string of the molecule is CC1(C)Cc2cccc(OCC(O)CN3CCN(c4ccc(F)cc4)CC3)c2O1. The molecule has 0 amide bonds. The maximum atomic E-state index is 13.1. The second kappa shape index (κ2) is 8.20. The van der Waals surface area contributed by atoms with Crippen LogP contribution < -0.4 is 14.4 Å². The second-order valence-electron chi connectivity index (χ2n) is 8.51. The largest absolute Gasteiger partial charge is 0.487 e. The zero-order valence-electron chi connectivity index (χ0n) is 17.1. The van der Waals surface area contributed by atoms with E-state index in [-0.39, 0.29) is 18.0 Å². The summed E-state index contributed by atoms with van der Waals surface area (Å²) >= 11 is 0. The van der Waals surface area contributed by atoms with Gasteiger partial charge >= 0.3 is 0 Å². The molecule has 1 saturated heterocycles. The number of fused-ring (bicyclic) bond motifs is 1. The summed E-state index contributed by atoms with van der Waals surface area (Å²) in [6.45, 7) is 8.35. The van der Waals surface area contributed by atoms with Gasteiger partial charge in [-0.05, 0) is 44.2 Å². The Morgan fingerprint density at radius 1 is 1.10 bits per heavy atom. The van der Waals surface area contributed by atoms with Crippen LogP contribution in [0.15, 0.2) is 42.5 Å². The van der Waals surface area contributed by atoms with Crippen LogP contribution in [0.4, 0.5) is 10.1 Å². The number of β-amino-alcohol motifs (C(OH)–C–C–N with tert-alkyl or cyclic N) is 1.